The number of aromatic nitrogens is 2. The van der Waals surface area contributed by atoms with Crippen LogP contribution >= 0.6 is 0 Å². The Morgan fingerprint density at radius 2 is 2.23 bits per heavy atom. The summed E-state index contributed by atoms with van der Waals surface area (Å²) in [5, 5.41) is 0. The first-order valence-electron chi connectivity index (χ1n) is 4.23. The van der Waals surface area contributed by atoms with E-state index in [2.05, 4.69) is 9.97 Å². The van der Waals surface area contributed by atoms with Gasteiger partial charge in [-0.1, -0.05) is 6.92 Å². The predicted octanol–water partition coefficient (Wildman–Crippen LogP) is 1.68. The molecule has 2 rings (SSSR count). The zero-order valence-electron chi connectivity index (χ0n) is 7.66. The summed E-state index contributed by atoms with van der Waals surface area (Å²) in [6, 6.07) is 1.79. The van der Waals surface area contributed by atoms with E-state index in [0.29, 0.717) is 17.3 Å². The lowest BCUT2D eigenvalue weighted by molar-refractivity contribution is 0.529. The minimum Gasteiger partial charge on any atom is -0.422 e. The standard InChI is InChI=1S/C9H11N3O/c1-3-8-12-7-4-6(10)5(2)11-9(7)13-8/h4H,3,10H2,1-2H3. The number of aryl methyl sites for hydroxylation is 2. The molecule has 0 aliphatic heterocycles. The lowest BCUT2D eigenvalue weighted by Gasteiger charge is -1.95. The molecule has 0 saturated heterocycles. The van der Waals surface area contributed by atoms with Crippen molar-refractivity contribution in [2.24, 2.45) is 0 Å². The van der Waals surface area contributed by atoms with Crippen molar-refractivity contribution in [3.05, 3.63) is 17.7 Å². The Labute approximate surface area is 75.8 Å². The maximum absolute atomic E-state index is 5.69. The maximum Gasteiger partial charge on any atom is 0.247 e. The summed E-state index contributed by atoms with van der Waals surface area (Å²) in [7, 11) is 0. The Balaban J connectivity index is 2.70. The highest BCUT2D eigenvalue weighted by Crippen LogP contribution is 2.18. The van der Waals surface area contributed by atoms with E-state index >= 15 is 0 Å². The Kier molecular flexibility index (Phi) is 1.69. The van der Waals surface area contributed by atoms with E-state index < -0.39 is 0 Å². The number of hydrogen-bond acceptors (Lipinski definition) is 4. The van der Waals surface area contributed by atoms with Crippen molar-refractivity contribution in [1.82, 2.24) is 9.97 Å². The second kappa shape index (κ2) is 2.73. The van der Waals surface area contributed by atoms with Crippen LogP contribution in [0, 0.1) is 6.92 Å². The molecule has 0 saturated carbocycles. The van der Waals surface area contributed by atoms with Gasteiger partial charge in [-0.15, -0.1) is 0 Å². The third kappa shape index (κ3) is 1.24. The van der Waals surface area contributed by atoms with Crippen molar-refractivity contribution < 1.29 is 4.42 Å². The molecular weight excluding hydrogens is 166 g/mol. The van der Waals surface area contributed by atoms with Crippen LogP contribution in [-0.4, -0.2) is 9.97 Å². The van der Waals surface area contributed by atoms with Gasteiger partial charge in [0.1, 0.15) is 5.52 Å². The number of pyridine rings is 1. The predicted molar refractivity (Wildman–Crippen MR) is 50.3 cm³/mol. The van der Waals surface area contributed by atoms with E-state index in [1.165, 1.54) is 0 Å². The molecule has 2 N–H and O–H groups in total. The van der Waals surface area contributed by atoms with Crippen molar-refractivity contribution in [2.45, 2.75) is 20.3 Å². The molecule has 0 amide bonds. The smallest absolute Gasteiger partial charge is 0.247 e. The number of nitrogen functional groups attached to an aromatic ring is 1. The number of oxazole rings is 1. The summed E-state index contributed by atoms with van der Waals surface area (Å²) in [4.78, 5) is 8.41. The molecule has 2 heterocycles. The highest BCUT2D eigenvalue weighted by molar-refractivity contribution is 5.73. The summed E-state index contributed by atoms with van der Waals surface area (Å²) in [5.41, 5.74) is 8.44. The largest absolute Gasteiger partial charge is 0.422 e. The first kappa shape index (κ1) is 8.04. The van der Waals surface area contributed by atoms with E-state index in [1.54, 1.807) is 6.07 Å². The molecule has 0 fully saturated rings. The maximum atomic E-state index is 5.69. The van der Waals surface area contributed by atoms with Crippen LogP contribution in [0.4, 0.5) is 5.69 Å². The summed E-state index contributed by atoms with van der Waals surface area (Å²) in [5.74, 6) is 0.701. The van der Waals surface area contributed by atoms with Gasteiger partial charge >= 0.3 is 0 Å². The fraction of sp³-hybridized carbons (Fsp3) is 0.333. The van der Waals surface area contributed by atoms with Gasteiger partial charge < -0.3 is 10.2 Å². The molecule has 4 heteroatoms. The molecule has 0 bridgehead atoms. The highest BCUT2D eigenvalue weighted by atomic mass is 16.4. The second-order valence-corrected chi connectivity index (χ2v) is 2.95. The summed E-state index contributed by atoms with van der Waals surface area (Å²) in [6.07, 6.45) is 0.773. The first-order valence-corrected chi connectivity index (χ1v) is 4.23. The zero-order chi connectivity index (χ0) is 9.42. The van der Waals surface area contributed by atoms with Gasteiger partial charge in [0, 0.05) is 6.42 Å². The average Bonchev–Trinajstić information content (AvgIpc) is 2.48. The van der Waals surface area contributed by atoms with E-state index in [0.717, 1.165) is 17.6 Å². The van der Waals surface area contributed by atoms with Gasteiger partial charge in [0.15, 0.2) is 5.89 Å². The molecule has 0 spiro atoms. The van der Waals surface area contributed by atoms with Gasteiger partial charge in [0.25, 0.3) is 0 Å². The summed E-state index contributed by atoms with van der Waals surface area (Å²) >= 11 is 0. The molecule has 13 heavy (non-hydrogen) atoms. The lowest BCUT2D eigenvalue weighted by atomic mass is 10.3. The topological polar surface area (TPSA) is 64.9 Å². The van der Waals surface area contributed by atoms with E-state index in [9.17, 15) is 0 Å². The minimum atomic E-state index is 0.573. The van der Waals surface area contributed by atoms with Crippen molar-refractivity contribution in [3.8, 4) is 0 Å². The van der Waals surface area contributed by atoms with Crippen LogP contribution in [0.1, 0.15) is 18.5 Å². The summed E-state index contributed by atoms with van der Waals surface area (Å²) < 4.78 is 5.38. The Morgan fingerprint density at radius 3 is 2.92 bits per heavy atom. The van der Waals surface area contributed by atoms with Crippen LogP contribution in [0.5, 0.6) is 0 Å². The fourth-order valence-electron chi connectivity index (χ4n) is 1.16. The van der Waals surface area contributed by atoms with Gasteiger partial charge in [0.05, 0.1) is 11.4 Å². The van der Waals surface area contributed by atoms with Crippen molar-refractivity contribution in [2.75, 3.05) is 5.73 Å². The highest BCUT2D eigenvalue weighted by Gasteiger charge is 2.07. The Morgan fingerprint density at radius 1 is 1.46 bits per heavy atom. The molecule has 4 nitrogen and oxygen atoms in total. The molecule has 0 atom stereocenters. The molecule has 2 aromatic heterocycles. The number of rotatable bonds is 1. The quantitative estimate of drug-likeness (QED) is 0.719. The number of fused-ring (bicyclic) bond motifs is 1. The zero-order valence-corrected chi connectivity index (χ0v) is 7.66. The molecule has 0 aromatic carbocycles. The van der Waals surface area contributed by atoms with Crippen LogP contribution in [-0.2, 0) is 6.42 Å². The number of hydrogen-bond donors (Lipinski definition) is 1. The Hall–Kier alpha value is -1.58. The van der Waals surface area contributed by atoms with Crippen LogP contribution in [0.15, 0.2) is 10.5 Å². The minimum absolute atomic E-state index is 0.573. The van der Waals surface area contributed by atoms with Gasteiger partial charge in [-0.2, -0.15) is 0 Å². The molecule has 2 aromatic rings. The van der Waals surface area contributed by atoms with E-state index in [-0.39, 0.29) is 0 Å². The number of nitrogens with two attached hydrogens (primary N) is 1. The van der Waals surface area contributed by atoms with Crippen LogP contribution < -0.4 is 5.73 Å². The van der Waals surface area contributed by atoms with Gasteiger partial charge in [-0.25, -0.2) is 9.97 Å². The molecule has 0 unspecified atom stereocenters. The average molecular weight is 177 g/mol. The monoisotopic (exact) mass is 177 g/mol. The van der Waals surface area contributed by atoms with E-state index in [1.807, 2.05) is 13.8 Å². The lowest BCUT2D eigenvalue weighted by Crippen LogP contribution is -1.91. The van der Waals surface area contributed by atoms with Gasteiger partial charge in [-0.05, 0) is 13.0 Å². The molecule has 0 aliphatic rings. The van der Waals surface area contributed by atoms with Crippen LogP contribution in [0.3, 0.4) is 0 Å². The third-order valence-corrected chi connectivity index (χ3v) is 1.96. The molecule has 68 valence electrons. The molecule has 0 aliphatic carbocycles. The fourth-order valence-corrected chi connectivity index (χ4v) is 1.16. The van der Waals surface area contributed by atoms with Gasteiger partial charge in [-0.3, -0.25) is 0 Å². The van der Waals surface area contributed by atoms with Crippen molar-refractivity contribution in [1.29, 1.82) is 0 Å². The molecular formula is C9H11N3O. The van der Waals surface area contributed by atoms with E-state index in [4.69, 9.17) is 10.2 Å². The Bertz CT molecular complexity index is 408. The second-order valence-electron chi connectivity index (χ2n) is 2.95. The third-order valence-electron chi connectivity index (χ3n) is 1.96. The van der Waals surface area contributed by atoms with Crippen molar-refractivity contribution in [3.63, 3.8) is 0 Å². The van der Waals surface area contributed by atoms with Crippen molar-refractivity contribution >= 4 is 16.9 Å². The van der Waals surface area contributed by atoms with Crippen LogP contribution in [0.2, 0.25) is 0 Å². The normalized spacial score (nSPS) is 10.9. The SMILES string of the molecule is CCc1nc2cc(N)c(C)nc2o1. The summed E-state index contributed by atoms with van der Waals surface area (Å²) in [6.45, 7) is 3.84. The number of nitrogens with zero attached hydrogens (tertiary/aromatic N) is 2. The van der Waals surface area contributed by atoms with Crippen LogP contribution in [0.25, 0.3) is 11.2 Å². The molecule has 0 radical (unpaired) electrons. The van der Waals surface area contributed by atoms with Gasteiger partial charge in [0.2, 0.25) is 5.71 Å². The first-order chi connectivity index (χ1) is 6.20. The number of anilines is 1.